The largest absolute Gasteiger partial charge is 0.463 e. The molecule has 1 unspecified atom stereocenters. The molecule has 0 spiro atoms. The Kier molecular flexibility index (Phi) is 7.02. The van der Waals surface area contributed by atoms with E-state index in [2.05, 4.69) is 5.32 Å². The van der Waals surface area contributed by atoms with Crippen LogP contribution >= 0.6 is 11.8 Å². The lowest BCUT2D eigenvalue weighted by atomic mass is 10.1. The lowest BCUT2D eigenvalue weighted by Gasteiger charge is -2.33. The van der Waals surface area contributed by atoms with Gasteiger partial charge in [0.2, 0.25) is 5.91 Å². The van der Waals surface area contributed by atoms with Gasteiger partial charge in [0.1, 0.15) is 12.6 Å². The van der Waals surface area contributed by atoms with Crippen molar-refractivity contribution in [3.05, 3.63) is 90.5 Å². The number of hydrogen-bond donors (Lipinski definition) is 1. The maximum Gasteiger partial charge on any atom is 0.323 e. The molecule has 1 aliphatic rings. The van der Waals surface area contributed by atoms with Crippen molar-refractivity contribution < 1.29 is 14.3 Å². The Morgan fingerprint density at radius 1 is 0.968 bits per heavy atom. The molecule has 4 rings (SSSR count). The van der Waals surface area contributed by atoms with Gasteiger partial charge >= 0.3 is 5.97 Å². The van der Waals surface area contributed by atoms with Crippen LogP contribution < -0.4 is 5.32 Å². The molecule has 1 heterocycles. The van der Waals surface area contributed by atoms with Crippen LogP contribution in [0.25, 0.3) is 0 Å². The van der Waals surface area contributed by atoms with Crippen molar-refractivity contribution in [1.82, 2.24) is 4.90 Å². The van der Waals surface area contributed by atoms with Gasteiger partial charge in [0.15, 0.2) is 0 Å². The summed E-state index contributed by atoms with van der Waals surface area (Å²) in [4.78, 5) is 29.4. The van der Waals surface area contributed by atoms with Gasteiger partial charge in [-0.1, -0.05) is 72.4 Å². The Bertz CT molecular complexity index is 1030. The summed E-state index contributed by atoms with van der Waals surface area (Å²) in [6.45, 7) is 1.56. The van der Waals surface area contributed by atoms with Gasteiger partial charge in [-0.3, -0.25) is 14.5 Å². The van der Waals surface area contributed by atoms with Gasteiger partial charge < -0.3 is 10.1 Å². The number of morpholine rings is 1. The Hall–Kier alpha value is -3.09. The highest BCUT2D eigenvalue weighted by atomic mass is 32.2. The molecule has 3 aromatic carbocycles. The molecule has 1 saturated heterocycles. The summed E-state index contributed by atoms with van der Waals surface area (Å²) in [5.41, 5.74) is 1.84. The van der Waals surface area contributed by atoms with Crippen molar-refractivity contribution in [3.63, 3.8) is 0 Å². The van der Waals surface area contributed by atoms with E-state index in [-0.39, 0.29) is 18.3 Å². The third-order valence-electron chi connectivity index (χ3n) is 5.08. The maximum atomic E-state index is 12.9. The molecule has 0 radical (unpaired) electrons. The SMILES string of the molecule is O=C(CC1C(=O)OCCN1Cc1ccccc1)Nc1ccccc1Sc1ccccc1. The fourth-order valence-electron chi connectivity index (χ4n) is 3.54. The van der Waals surface area contributed by atoms with Gasteiger partial charge in [-0.05, 0) is 29.8 Å². The third kappa shape index (κ3) is 5.75. The lowest BCUT2D eigenvalue weighted by molar-refractivity contribution is -0.159. The summed E-state index contributed by atoms with van der Waals surface area (Å²) in [7, 11) is 0. The molecule has 0 aliphatic carbocycles. The zero-order valence-electron chi connectivity index (χ0n) is 17.1. The van der Waals surface area contributed by atoms with Crippen molar-refractivity contribution in [3.8, 4) is 0 Å². The molecule has 1 atom stereocenters. The average molecular weight is 433 g/mol. The first-order valence-corrected chi connectivity index (χ1v) is 11.1. The van der Waals surface area contributed by atoms with Crippen LogP contribution in [0.2, 0.25) is 0 Å². The second kappa shape index (κ2) is 10.3. The van der Waals surface area contributed by atoms with Gasteiger partial charge in [0, 0.05) is 22.9 Å². The van der Waals surface area contributed by atoms with Crippen LogP contribution in [0.3, 0.4) is 0 Å². The Morgan fingerprint density at radius 2 is 1.65 bits per heavy atom. The van der Waals surface area contributed by atoms with E-state index in [1.807, 2.05) is 89.8 Å². The molecule has 1 aliphatic heterocycles. The Balaban J connectivity index is 1.44. The van der Waals surface area contributed by atoms with E-state index < -0.39 is 6.04 Å². The Morgan fingerprint density at radius 3 is 2.42 bits per heavy atom. The Labute approximate surface area is 186 Å². The molecule has 158 valence electrons. The van der Waals surface area contributed by atoms with Crippen molar-refractivity contribution in [1.29, 1.82) is 0 Å². The minimum atomic E-state index is -0.595. The van der Waals surface area contributed by atoms with Crippen molar-refractivity contribution in [2.24, 2.45) is 0 Å². The summed E-state index contributed by atoms with van der Waals surface area (Å²) in [5, 5.41) is 2.99. The number of para-hydroxylation sites is 1. The van der Waals surface area contributed by atoms with E-state index in [4.69, 9.17) is 4.74 Å². The van der Waals surface area contributed by atoms with Crippen LogP contribution in [-0.4, -0.2) is 36.0 Å². The molecule has 3 aromatic rings. The van der Waals surface area contributed by atoms with E-state index in [1.165, 1.54) is 0 Å². The number of carbonyl (C=O) groups is 2. The zero-order chi connectivity index (χ0) is 21.5. The molecule has 1 amide bonds. The number of benzene rings is 3. The minimum absolute atomic E-state index is 0.0516. The molecule has 0 saturated carbocycles. The van der Waals surface area contributed by atoms with Gasteiger partial charge in [-0.15, -0.1) is 0 Å². The highest BCUT2D eigenvalue weighted by Gasteiger charge is 2.33. The molecule has 1 fully saturated rings. The molecule has 1 N–H and O–H groups in total. The number of rotatable bonds is 7. The molecule has 5 nitrogen and oxygen atoms in total. The molecule has 0 aromatic heterocycles. The normalized spacial score (nSPS) is 16.5. The molecule has 31 heavy (non-hydrogen) atoms. The second-order valence-electron chi connectivity index (χ2n) is 7.30. The van der Waals surface area contributed by atoms with Crippen LogP contribution in [0.1, 0.15) is 12.0 Å². The highest BCUT2D eigenvalue weighted by molar-refractivity contribution is 7.99. The summed E-state index contributed by atoms with van der Waals surface area (Å²) in [5.74, 6) is -0.549. The third-order valence-corrected chi connectivity index (χ3v) is 6.16. The van der Waals surface area contributed by atoms with E-state index in [0.29, 0.717) is 19.7 Å². The minimum Gasteiger partial charge on any atom is -0.463 e. The summed E-state index contributed by atoms with van der Waals surface area (Å²) >= 11 is 1.59. The van der Waals surface area contributed by atoms with E-state index in [1.54, 1.807) is 11.8 Å². The number of nitrogens with zero attached hydrogens (tertiary/aromatic N) is 1. The van der Waals surface area contributed by atoms with Gasteiger partial charge in [-0.2, -0.15) is 0 Å². The van der Waals surface area contributed by atoms with Gasteiger partial charge in [0.05, 0.1) is 12.1 Å². The van der Waals surface area contributed by atoms with E-state index in [0.717, 1.165) is 21.0 Å². The predicted molar refractivity (Wildman–Crippen MR) is 122 cm³/mol. The number of esters is 1. The van der Waals surface area contributed by atoms with Crippen molar-refractivity contribution in [2.45, 2.75) is 28.8 Å². The van der Waals surface area contributed by atoms with Crippen LogP contribution in [0.5, 0.6) is 0 Å². The van der Waals surface area contributed by atoms with E-state index in [9.17, 15) is 9.59 Å². The number of cyclic esters (lactones) is 1. The van der Waals surface area contributed by atoms with Crippen LogP contribution in [-0.2, 0) is 20.9 Å². The summed E-state index contributed by atoms with van der Waals surface area (Å²) in [6, 6.07) is 27.1. The number of carbonyl (C=O) groups excluding carboxylic acids is 2. The fraction of sp³-hybridized carbons (Fsp3) is 0.200. The molecular formula is C25H24N2O3S. The lowest BCUT2D eigenvalue weighted by Crippen LogP contribution is -2.49. The van der Waals surface area contributed by atoms with Gasteiger partial charge in [-0.25, -0.2) is 0 Å². The van der Waals surface area contributed by atoms with Crippen molar-refractivity contribution >= 4 is 29.3 Å². The first-order chi connectivity index (χ1) is 15.2. The number of hydrogen-bond acceptors (Lipinski definition) is 5. The number of nitrogens with one attached hydrogen (secondary N) is 1. The average Bonchev–Trinajstić information content (AvgIpc) is 2.79. The zero-order valence-corrected chi connectivity index (χ0v) is 17.9. The van der Waals surface area contributed by atoms with Crippen LogP contribution in [0, 0.1) is 0 Å². The quantitative estimate of drug-likeness (QED) is 0.553. The number of ether oxygens (including phenoxy) is 1. The van der Waals surface area contributed by atoms with Crippen LogP contribution in [0.15, 0.2) is 94.7 Å². The first-order valence-electron chi connectivity index (χ1n) is 10.3. The monoisotopic (exact) mass is 432 g/mol. The number of amides is 1. The number of anilines is 1. The standard InChI is InChI=1S/C25H24N2O3S/c28-24(26-21-13-7-8-14-23(21)31-20-11-5-2-6-12-20)17-22-25(29)30-16-15-27(22)18-19-9-3-1-4-10-19/h1-14,22H,15-18H2,(H,26,28). The summed E-state index contributed by atoms with van der Waals surface area (Å²) < 4.78 is 5.25. The molecule has 0 bridgehead atoms. The maximum absolute atomic E-state index is 12.9. The molecule has 6 heteroatoms. The summed E-state index contributed by atoms with van der Waals surface area (Å²) in [6.07, 6.45) is 0.0516. The molecular weight excluding hydrogens is 408 g/mol. The van der Waals surface area contributed by atoms with Crippen LogP contribution in [0.4, 0.5) is 5.69 Å². The predicted octanol–water partition coefficient (Wildman–Crippen LogP) is 4.59. The highest BCUT2D eigenvalue weighted by Crippen LogP contribution is 2.33. The van der Waals surface area contributed by atoms with E-state index >= 15 is 0 Å². The smallest absolute Gasteiger partial charge is 0.323 e. The second-order valence-corrected chi connectivity index (χ2v) is 8.42. The fourth-order valence-corrected chi connectivity index (χ4v) is 4.46. The first kappa shape index (κ1) is 21.2. The topological polar surface area (TPSA) is 58.6 Å². The van der Waals surface area contributed by atoms with Crippen molar-refractivity contribution in [2.75, 3.05) is 18.5 Å². The van der Waals surface area contributed by atoms with Gasteiger partial charge in [0.25, 0.3) is 0 Å².